The Hall–Kier alpha value is -1.20. The molecule has 108 valence electrons. The van der Waals surface area contributed by atoms with Crippen LogP contribution in [0.15, 0.2) is 24.3 Å². The highest BCUT2D eigenvalue weighted by Gasteiger charge is 2.21. The van der Waals surface area contributed by atoms with Crippen LogP contribution in [-0.2, 0) is 4.79 Å². The lowest BCUT2D eigenvalue weighted by Gasteiger charge is -2.17. The van der Waals surface area contributed by atoms with Crippen molar-refractivity contribution < 1.29 is 9.59 Å². The van der Waals surface area contributed by atoms with Crippen molar-refractivity contribution in [3.63, 3.8) is 0 Å². The molecular formula is C14H17ClN2O2S. The van der Waals surface area contributed by atoms with Gasteiger partial charge in [-0.2, -0.15) is 0 Å². The molecule has 2 rings (SSSR count). The summed E-state index contributed by atoms with van der Waals surface area (Å²) in [5.41, 5.74) is 1.01. The first-order valence-corrected chi connectivity index (χ1v) is 7.89. The van der Waals surface area contributed by atoms with Crippen LogP contribution in [-0.4, -0.2) is 34.9 Å². The van der Waals surface area contributed by atoms with Crippen molar-refractivity contribution in [1.29, 1.82) is 0 Å². The molecular weight excluding hydrogens is 296 g/mol. The van der Waals surface area contributed by atoms with Crippen molar-refractivity contribution in [1.82, 2.24) is 10.2 Å². The van der Waals surface area contributed by atoms with Crippen LogP contribution >= 0.6 is 23.4 Å². The van der Waals surface area contributed by atoms with Crippen LogP contribution in [0.25, 0.3) is 0 Å². The van der Waals surface area contributed by atoms with Gasteiger partial charge in [0.1, 0.15) is 0 Å². The molecule has 4 nitrogen and oxygen atoms in total. The van der Waals surface area contributed by atoms with Crippen LogP contribution in [0, 0.1) is 0 Å². The Morgan fingerprint density at radius 2 is 2.15 bits per heavy atom. The minimum absolute atomic E-state index is 0.0443. The van der Waals surface area contributed by atoms with E-state index in [1.165, 1.54) is 11.8 Å². The maximum absolute atomic E-state index is 11.9. The van der Waals surface area contributed by atoms with E-state index in [4.69, 9.17) is 11.6 Å². The highest BCUT2D eigenvalue weighted by molar-refractivity contribution is 8.13. The van der Waals surface area contributed by atoms with Crippen LogP contribution in [0.4, 0.5) is 4.79 Å². The Morgan fingerprint density at radius 1 is 1.45 bits per heavy atom. The van der Waals surface area contributed by atoms with Crippen molar-refractivity contribution in [3.05, 3.63) is 34.9 Å². The first-order chi connectivity index (χ1) is 9.56. The smallest absolute Gasteiger partial charge is 0.281 e. The quantitative estimate of drug-likeness (QED) is 0.909. The molecule has 1 saturated heterocycles. The summed E-state index contributed by atoms with van der Waals surface area (Å²) in [5.74, 6) is 0.777. The number of benzene rings is 1. The molecule has 1 aliphatic rings. The van der Waals surface area contributed by atoms with E-state index in [0.717, 1.165) is 17.9 Å². The maximum atomic E-state index is 11.9. The predicted molar refractivity (Wildman–Crippen MR) is 82.1 cm³/mol. The van der Waals surface area contributed by atoms with E-state index in [2.05, 4.69) is 5.32 Å². The molecule has 0 bridgehead atoms. The molecule has 0 spiro atoms. The van der Waals surface area contributed by atoms with Gasteiger partial charge in [0, 0.05) is 30.3 Å². The van der Waals surface area contributed by atoms with Gasteiger partial charge in [-0.15, -0.1) is 0 Å². The van der Waals surface area contributed by atoms with E-state index in [-0.39, 0.29) is 17.2 Å². The van der Waals surface area contributed by atoms with Crippen LogP contribution < -0.4 is 5.32 Å². The highest BCUT2D eigenvalue weighted by Crippen LogP contribution is 2.18. The Labute approximate surface area is 127 Å². The van der Waals surface area contributed by atoms with Crippen LogP contribution in [0.5, 0.6) is 0 Å². The zero-order chi connectivity index (χ0) is 14.5. The molecule has 1 aromatic rings. The van der Waals surface area contributed by atoms with Crippen LogP contribution in [0.2, 0.25) is 5.02 Å². The van der Waals surface area contributed by atoms with E-state index in [0.29, 0.717) is 18.0 Å². The molecule has 6 heteroatoms. The second-order valence-corrected chi connectivity index (χ2v) is 6.17. The van der Waals surface area contributed by atoms with Crippen molar-refractivity contribution in [3.8, 4) is 0 Å². The summed E-state index contributed by atoms with van der Waals surface area (Å²) < 4.78 is 0. The van der Waals surface area contributed by atoms with E-state index >= 15 is 0 Å². The number of halogens is 1. The predicted octanol–water partition coefficient (Wildman–Crippen LogP) is 3.08. The highest BCUT2D eigenvalue weighted by atomic mass is 35.5. The number of nitrogens with one attached hydrogen (secondary N) is 1. The van der Waals surface area contributed by atoms with Crippen LogP contribution in [0.3, 0.4) is 0 Å². The molecule has 1 fully saturated rings. The fourth-order valence-electron chi connectivity index (χ4n) is 2.01. The number of nitrogens with zero attached hydrogens (tertiary/aromatic N) is 1. The van der Waals surface area contributed by atoms with Gasteiger partial charge in [-0.1, -0.05) is 35.5 Å². The molecule has 0 aromatic heterocycles. The third-order valence-corrected chi connectivity index (χ3v) is 4.35. The Balaban J connectivity index is 1.79. The fourth-order valence-corrected chi connectivity index (χ4v) is 2.99. The number of carbonyl (C=O) groups is 2. The van der Waals surface area contributed by atoms with Gasteiger partial charge in [0.25, 0.3) is 5.24 Å². The second kappa shape index (κ2) is 6.99. The SMILES string of the molecule is C[C@H](NC(=O)CCN1CCSC1=O)c1ccc(Cl)cc1. The molecule has 20 heavy (non-hydrogen) atoms. The van der Waals surface area contributed by atoms with E-state index in [1.807, 2.05) is 19.1 Å². The molecule has 0 aliphatic carbocycles. The van der Waals surface area contributed by atoms with E-state index in [1.54, 1.807) is 17.0 Å². The van der Waals surface area contributed by atoms with Crippen molar-refractivity contribution in [2.24, 2.45) is 0 Å². The number of hydrogen-bond acceptors (Lipinski definition) is 3. The number of hydrogen-bond donors (Lipinski definition) is 1. The molecule has 1 atom stereocenters. The van der Waals surface area contributed by atoms with Gasteiger partial charge in [-0.25, -0.2) is 0 Å². The standard InChI is InChI=1S/C14H17ClN2O2S/c1-10(11-2-4-12(15)5-3-11)16-13(18)6-7-17-8-9-20-14(17)19/h2-5,10H,6-9H2,1H3,(H,16,18)/t10-/m0/s1. The number of amides is 2. The zero-order valence-corrected chi connectivity index (χ0v) is 12.8. The third-order valence-electron chi connectivity index (χ3n) is 3.20. The van der Waals surface area contributed by atoms with E-state index < -0.39 is 0 Å². The first-order valence-electron chi connectivity index (χ1n) is 6.53. The van der Waals surface area contributed by atoms with E-state index in [9.17, 15) is 9.59 Å². The molecule has 1 N–H and O–H groups in total. The van der Waals surface area contributed by atoms with Gasteiger partial charge < -0.3 is 10.2 Å². The lowest BCUT2D eigenvalue weighted by Crippen LogP contribution is -2.32. The van der Waals surface area contributed by atoms with Gasteiger partial charge in [-0.3, -0.25) is 9.59 Å². The summed E-state index contributed by atoms with van der Waals surface area (Å²) in [6, 6.07) is 7.34. The van der Waals surface area contributed by atoms with Gasteiger partial charge in [0.2, 0.25) is 5.91 Å². The molecule has 2 amide bonds. The Bertz CT molecular complexity index is 492. The van der Waals surface area contributed by atoms with Crippen molar-refractivity contribution in [2.45, 2.75) is 19.4 Å². The Morgan fingerprint density at radius 3 is 2.75 bits per heavy atom. The average molecular weight is 313 g/mol. The molecule has 1 aliphatic heterocycles. The summed E-state index contributed by atoms with van der Waals surface area (Å²) in [6.45, 7) is 3.16. The minimum atomic E-state index is -0.0663. The molecule has 0 radical (unpaired) electrons. The fraction of sp³-hybridized carbons (Fsp3) is 0.429. The zero-order valence-electron chi connectivity index (χ0n) is 11.3. The average Bonchev–Trinajstić information content (AvgIpc) is 2.82. The lowest BCUT2D eigenvalue weighted by atomic mass is 10.1. The van der Waals surface area contributed by atoms with Gasteiger partial charge in [0.15, 0.2) is 0 Å². The molecule has 0 unspecified atom stereocenters. The normalized spacial score (nSPS) is 16.3. The molecule has 1 heterocycles. The summed E-state index contributed by atoms with van der Waals surface area (Å²) >= 11 is 7.14. The monoisotopic (exact) mass is 312 g/mol. The molecule has 1 aromatic carbocycles. The Kier molecular flexibility index (Phi) is 5.31. The number of thioether (sulfide) groups is 1. The van der Waals surface area contributed by atoms with Gasteiger partial charge >= 0.3 is 0 Å². The first kappa shape index (κ1) is 15.2. The third kappa shape index (κ3) is 4.15. The minimum Gasteiger partial charge on any atom is -0.350 e. The topological polar surface area (TPSA) is 49.4 Å². The van der Waals surface area contributed by atoms with Crippen molar-refractivity contribution in [2.75, 3.05) is 18.8 Å². The summed E-state index contributed by atoms with van der Waals surface area (Å²) in [6.07, 6.45) is 0.338. The summed E-state index contributed by atoms with van der Waals surface area (Å²) in [4.78, 5) is 25.0. The van der Waals surface area contributed by atoms with Gasteiger partial charge in [0.05, 0.1) is 6.04 Å². The number of carbonyl (C=O) groups excluding carboxylic acids is 2. The summed E-state index contributed by atoms with van der Waals surface area (Å²) in [5, 5.41) is 3.68. The molecule has 0 saturated carbocycles. The summed E-state index contributed by atoms with van der Waals surface area (Å²) in [7, 11) is 0. The largest absolute Gasteiger partial charge is 0.350 e. The number of rotatable bonds is 5. The maximum Gasteiger partial charge on any atom is 0.281 e. The van der Waals surface area contributed by atoms with Gasteiger partial charge in [-0.05, 0) is 24.6 Å². The van der Waals surface area contributed by atoms with Crippen molar-refractivity contribution >= 4 is 34.5 Å². The second-order valence-electron chi connectivity index (χ2n) is 4.69. The van der Waals surface area contributed by atoms with Crippen LogP contribution in [0.1, 0.15) is 24.9 Å². The lowest BCUT2D eigenvalue weighted by molar-refractivity contribution is -0.121.